The minimum atomic E-state index is -3.48. The number of halogens is 2. The number of hydrogen-bond acceptors (Lipinski definition) is 4. The van der Waals surface area contributed by atoms with Crippen LogP contribution in [0.1, 0.15) is 52.4 Å². The summed E-state index contributed by atoms with van der Waals surface area (Å²) in [6, 6.07) is 0. The van der Waals surface area contributed by atoms with Crippen LogP contribution in [0.4, 0.5) is 8.78 Å². The molecule has 24 heavy (non-hydrogen) atoms. The zero-order valence-corrected chi connectivity index (χ0v) is 14.2. The van der Waals surface area contributed by atoms with E-state index in [4.69, 9.17) is 9.47 Å². The molecule has 4 aliphatic carbocycles. The highest BCUT2D eigenvalue weighted by molar-refractivity contribution is 5.86. The van der Waals surface area contributed by atoms with E-state index in [0.717, 1.165) is 19.3 Å². The van der Waals surface area contributed by atoms with Crippen molar-refractivity contribution in [3.05, 3.63) is 12.2 Å². The van der Waals surface area contributed by atoms with Crippen molar-refractivity contribution in [3.63, 3.8) is 0 Å². The molecule has 0 aromatic carbocycles. The monoisotopic (exact) mass is 342 g/mol. The highest BCUT2D eigenvalue weighted by Gasteiger charge is 2.60. The number of alkyl halides is 2. The van der Waals surface area contributed by atoms with Crippen molar-refractivity contribution in [2.24, 2.45) is 17.3 Å². The minimum absolute atomic E-state index is 0.244. The summed E-state index contributed by atoms with van der Waals surface area (Å²) in [6.07, 6.45) is 4.61. The zero-order chi connectivity index (χ0) is 17.8. The van der Waals surface area contributed by atoms with E-state index < -0.39 is 23.5 Å². The van der Waals surface area contributed by atoms with Gasteiger partial charge in [0.15, 0.2) is 0 Å². The van der Waals surface area contributed by atoms with Crippen molar-refractivity contribution in [2.45, 2.75) is 63.9 Å². The van der Waals surface area contributed by atoms with Gasteiger partial charge in [0.1, 0.15) is 5.60 Å². The number of ether oxygens (including phenoxy) is 2. The third-order valence-corrected chi connectivity index (χ3v) is 5.65. The van der Waals surface area contributed by atoms with Crippen LogP contribution in [-0.4, -0.2) is 30.1 Å². The van der Waals surface area contributed by atoms with E-state index in [0.29, 0.717) is 43.6 Å². The summed E-state index contributed by atoms with van der Waals surface area (Å²) in [5, 5.41) is 0. The van der Waals surface area contributed by atoms with E-state index in [1.165, 1.54) is 0 Å². The summed E-state index contributed by atoms with van der Waals surface area (Å²) in [5.74, 6) is -4.68. The Hall–Kier alpha value is -1.46. The second-order valence-electron chi connectivity index (χ2n) is 8.28. The molecule has 4 bridgehead atoms. The van der Waals surface area contributed by atoms with Crippen LogP contribution in [0, 0.1) is 17.3 Å². The molecule has 0 amide bonds. The lowest BCUT2D eigenvalue weighted by molar-refractivity contribution is -0.224. The molecular formula is C18H24F2O4. The van der Waals surface area contributed by atoms with Gasteiger partial charge in [-0.2, -0.15) is 8.78 Å². The van der Waals surface area contributed by atoms with Gasteiger partial charge in [-0.25, -0.2) is 9.59 Å². The number of carbonyl (C=O) groups is 2. The van der Waals surface area contributed by atoms with Crippen molar-refractivity contribution in [2.75, 3.05) is 6.61 Å². The number of hydrogen-bond donors (Lipinski definition) is 0. The molecule has 0 radical (unpaired) electrons. The molecule has 0 spiro atoms. The molecule has 4 saturated carbocycles. The zero-order valence-electron chi connectivity index (χ0n) is 14.2. The maximum absolute atomic E-state index is 13.3. The smallest absolute Gasteiger partial charge is 0.377 e. The highest BCUT2D eigenvalue weighted by Crippen LogP contribution is 2.63. The Kier molecular flexibility index (Phi) is 4.00. The first-order valence-electron chi connectivity index (χ1n) is 8.47. The van der Waals surface area contributed by atoms with Crippen LogP contribution in [0.2, 0.25) is 0 Å². The summed E-state index contributed by atoms with van der Waals surface area (Å²) in [6.45, 7) is 5.98. The Bertz CT molecular complexity index is 564. The summed E-state index contributed by atoms with van der Waals surface area (Å²) >= 11 is 0. The largest absolute Gasteiger partial charge is 0.462 e. The lowest BCUT2D eigenvalue weighted by Gasteiger charge is -2.60. The predicted octanol–water partition coefficient (Wildman–Crippen LogP) is 3.64. The lowest BCUT2D eigenvalue weighted by Crippen LogP contribution is -2.59. The van der Waals surface area contributed by atoms with E-state index in [9.17, 15) is 18.4 Å². The van der Waals surface area contributed by atoms with E-state index >= 15 is 0 Å². The topological polar surface area (TPSA) is 52.6 Å². The van der Waals surface area contributed by atoms with Gasteiger partial charge in [0.05, 0.1) is 6.61 Å². The van der Waals surface area contributed by atoms with Crippen molar-refractivity contribution in [1.29, 1.82) is 0 Å². The highest BCUT2D eigenvalue weighted by atomic mass is 19.3. The van der Waals surface area contributed by atoms with Crippen LogP contribution in [0.15, 0.2) is 12.2 Å². The molecule has 4 fully saturated rings. The molecule has 4 rings (SSSR count). The molecule has 0 N–H and O–H groups in total. The quantitative estimate of drug-likeness (QED) is 0.565. The lowest BCUT2D eigenvalue weighted by atomic mass is 9.48. The van der Waals surface area contributed by atoms with Gasteiger partial charge >= 0.3 is 17.9 Å². The number of esters is 2. The fourth-order valence-electron chi connectivity index (χ4n) is 5.28. The van der Waals surface area contributed by atoms with E-state index in [1.807, 2.05) is 0 Å². The summed E-state index contributed by atoms with van der Waals surface area (Å²) in [4.78, 5) is 23.5. The van der Waals surface area contributed by atoms with Gasteiger partial charge in [-0.15, -0.1) is 0 Å². The van der Waals surface area contributed by atoms with Gasteiger partial charge < -0.3 is 9.47 Å². The van der Waals surface area contributed by atoms with Gasteiger partial charge in [0, 0.05) is 17.9 Å². The Balaban J connectivity index is 1.76. The van der Waals surface area contributed by atoms with Gasteiger partial charge in [-0.1, -0.05) is 6.58 Å². The second-order valence-corrected chi connectivity index (χ2v) is 8.28. The van der Waals surface area contributed by atoms with Crippen LogP contribution in [0.5, 0.6) is 0 Å². The van der Waals surface area contributed by atoms with Crippen molar-refractivity contribution >= 4 is 11.9 Å². The van der Waals surface area contributed by atoms with Gasteiger partial charge in [-0.05, 0) is 57.3 Å². The first-order valence-corrected chi connectivity index (χ1v) is 8.47. The molecule has 0 saturated heterocycles. The first kappa shape index (κ1) is 17.4. The molecule has 0 aliphatic heterocycles. The van der Waals surface area contributed by atoms with Crippen molar-refractivity contribution in [3.8, 4) is 0 Å². The van der Waals surface area contributed by atoms with Crippen LogP contribution < -0.4 is 0 Å². The number of rotatable bonds is 5. The molecule has 6 heteroatoms. The first-order chi connectivity index (χ1) is 11.0. The molecule has 2 atom stereocenters. The van der Waals surface area contributed by atoms with Gasteiger partial charge in [0.25, 0.3) is 0 Å². The molecule has 4 aliphatic rings. The third-order valence-electron chi connectivity index (χ3n) is 5.65. The maximum atomic E-state index is 13.3. The maximum Gasteiger partial charge on any atom is 0.377 e. The van der Waals surface area contributed by atoms with Crippen LogP contribution >= 0.6 is 0 Å². The fourth-order valence-corrected chi connectivity index (χ4v) is 5.28. The third kappa shape index (κ3) is 3.20. The van der Waals surface area contributed by atoms with Gasteiger partial charge in [0.2, 0.25) is 0 Å². The van der Waals surface area contributed by atoms with Crippen molar-refractivity contribution in [1.82, 2.24) is 0 Å². The summed E-state index contributed by atoms with van der Waals surface area (Å²) < 4.78 is 37.3. The van der Waals surface area contributed by atoms with E-state index in [2.05, 4.69) is 6.58 Å². The number of carbonyl (C=O) groups excluding carboxylic acids is 2. The molecule has 0 aromatic rings. The fraction of sp³-hybridized carbons (Fsp3) is 0.778. The molecule has 2 unspecified atom stereocenters. The van der Waals surface area contributed by atoms with E-state index in [1.54, 1.807) is 6.92 Å². The van der Waals surface area contributed by atoms with Crippen LogP contribution in [-0.2, 0) is 19.1 Å². The van der Waals surface area contributed by atoms with E-state index in [-0.39, 0.29) is 12.0 Å². The molecule has 4 nitrogen and oxygen atoms in total. The summed E-state index contributed by atoms with van der Waals surface area (Å²) in [7, 11) is 0. The Morgan fingerprint density at radius 2 is 1.79 bits per heavy atom. The molecular weight excluding hydrogens is 318 g/mol. The summed E-state index contributed by atoms with van der Waals surface area (Å²) in [5.41, 5.74) is -0.749. The molecule has 0 heterocycles. The molecule has 134 valence electrons. The minimum Gasteiger partial charge on any atom is -0.462 e. The standard InChI is InChI=1S/C18H24F2O4/c1-11(2)14(21)23-10-17-5-12-4-13(6-17)8-18(7-12,9-17)24-15(22)16(3,19)20/h12-13H,1,4-10H2,2-3H3. The Morgan fingerprint density at radius 3 is 2.29 bits per heavy atom. The SMILES string of the molecule is C=C(C)C(=O)OCC12CC3CC(C1)CC(OC(=O)C(C)(F)F)(C3)C2. The predicted molar refractivity (Wildman–Crippen MR) is 82.3 cm³/mol. The van der Waals surface area contributed by atoms with Gasteiger partial charge in [-0.3, -0.25) is 0 Å². The normalized spacial score (nSPS) is 37.2. The second kappa shape index (κ2) is 5.53. The Morgan fingerprint density at radius 1 is 1.21 bits per heavy atom. The average Bonchev–Trinajstić information content (AvgIpc) is 2.41. The van der Waals surface area contributed by atoms with Crippen LogP contribution in [0.25, 0.3) is 0 Å². The average molecular weight is 342 g/mol. The molecule has 0 aromatic heterocycles. The van der Waals surface area contributed by atoms with Crippen LogP contribution in [0.3, 0.4) is 0 Å². The Labute approximate surface area is 140 Å². The van der Waals surface area contributed by atoms with Crippen molar-refractivity contribution < 1.29 is 27.8 Å².